The second-order valence-electron chi connectivity index (χ2n) is 7.04. The fraction of sp³-hybridized carbons (Fsp3) is 0.611. The first kappa shape index (κ1) is 16.5. The van der Waals surface area contributed by atoms with Crippen LogP contribution in [0.2, 0.25) is 0 Å². The molecule has 0 aliphatic carbocycles. The zero-order valence-corrected chi connectivity index (χ0v) is 14.6. The topological polar surface area (TPSA) is 71.8 Å². The first-order valence-corrected chi connectivity index (χ1v) is 9.15. The lowest BCUT2D eigenvalue weighted by atomic mass is 10.0. The number of carbonyl (C=O) groups excluding carboxylic acids is 1. The predicted octanol–water partition coefficient (Wildman–Crippen LogP) is 1.41. The number of nitrogens with one attached hydrogen (secondary N) is 1. The van der Waals surface area contributed by atoms with Crippen molar-refractivity contribution in [2.75, 3.05) is 26.2 Å². The number of ether oxygens (including phenoxy) is 1. The van der Waals surface area contributed by atoms with E-state index >= 15 is 0 Å². The van der Waals surface area contributed by atoms with E-state index in [1.807, 2.05) is 13.0 Å². The van der Waals surface area contributed by atoms with Crippen molar-refractivity contribution in [3.8, 4) is 0 Å². The highest BCUT2D eigenvalue weighted by atomic mass is 16.5. The van der Waals surface area contributed by atoms with Gasteiger partial charge >= 0.3 is 0 Å². The molecule has 4 heterocycles. The lowest BCUT2D eigenvalue weighted by Crippen LogP contribution is -2.46. The summed E-state index contributed by atoms with van der Waals surface area (Å²) in [6.45, 7) is 5.87. The molecule has 1 N–H and O–H groups in total. The molecule has 0 spiro atoms. The fourth-order valence-corrected chi connectivity index (χ4v) is 3.81. The minimum Gasteiger partial charge on any atom is -0.377 e. The van der Waals surface area contributed by atoms with Crippen molar-refractivity contribution < 1.29 is 9.53 Å². The van der Waals surface area contributed by atoms with Crippen LogP contribution in [-0.4, -0.2) is 63.8 Å². The molecule has 2 aliphatic heterocycles. The van der Waals surface area contributed by atoms with Gasteiger partial charge in [-0.3, -0.25) is 4.79 Å². The number of hydrogen-bond acceptors (Lipinski definition) is 5. The van der Waals surface area contributed by atoms with Gasteiger partial charge in [-0.15, -0.1) is 0 Å². The van der Waals surface area contributed by atoms with Gasteiger partial charge < -0.3 is 15.0 Å². The summed E-state index contributed by atoms with van der Waals surface area (Å²) < 4.78 is 7.43. The summed E-state index contributed by atoms with van der Waals surface area (Å²) in [7, 11) is 0. The van der Waals surface area contributed by atoms with E-state index in [9.17, 15) is 4.79 Å². The maximum absolute atomic E-state index is 12.6. The van der Waals surface area contributed by atoms with Crippen LogP contribution >= 0.6 is 0 Å². The molecule has 1 atom stereocenters. The summed E-state index contributed by atoms with van der Waals surface area (Å²) in [6, 6.07) is 2.05. The van der Waals surface area contributed by atoms with Crippen molar-refractivity contribution >= 4 is 11.6 Å². The van der Waals surface area contributed by atoms with Gasteiger partial charge in [0.05, 0.1) is 23.6 Å². The third kappa shape index (κ3) is 3.52. The summed E-state index contributed by atoms with van der Waals surface area (Å²) in [5.74, 6) is -0.0556. The van der Waals surface area contributed by atoms with E-state index in [1.165, 1.54) is 12.8 Å². The van der Waals surface area contributed by atoms with E-state index < -0.39 is 0 Å². The molecule has 7 nitrogen and oxygen atoms in total. The van der Waals surface area contributed by atoms with E-state index in [-0.39, 0.29) is 11.9 Å². The third-order valence-electron chi connectivity index (χ3n) is 5.31. The van der Waals surface area contributed by atoms with Crippen molar-refractivity contribution in [3.05, 3.63) is 29.7 Å². The number of piperidine rings is 1. The minimum atomic E-state index is -0.0556. The molecule has 2 aromatic rings. The molecule has 0 bridgehead atoms. The van der Waals surface area contributed by atoms with Crippen LogP contribution in [0.25, 0.3) is 5.65 Å². The summed E-state index contributed by atoms with van der Waals surface area (Å²) in [4.78, 5) is 19.4. The number of carbonyl (C=O) groups is 1. The van der Waals surface area contributed by atoms with E-state index in [1.54, 1.807) is 16.9 Å². The van der Waals surface area contributed by atoms with Gasteiger partial charge in [0, 0.05) is 44.5 Å². The van der Waals surface area contributed by atoms with Gasteiger partial charge in [-0.05, 0) is 32.6 Å². The number of aryl methyl sites for hydroxylation is 1. The van der Waals surface area contributed by atoms with Crippen LogP contribution in [0.4, 0.5) is 0 Å². The maximum atomic E-state index is 12.6. The second-order valence-corrected chi connectivity index (χ2v) is 7.04. The third-order valence-corrected chi connectivity index (χ3v) is 5.31. The van der Waals surface area contributed by atoms with Gasteiger partial charge in [-0.2, -0.15) is 5.10 Å². The second kappa shape index (κ2) is 7.09. The van der Waals surface area contributed by atoms with Crippen LogP contribution < -0.4 is 5.32 Å². The number of hydrogen-bond donors (Lipinski definition) is 1. The van der Waals surface area contributed by atoms with E-state index in [2.05, 4.69) is 20.3 Å². The number of aromatic nitrogens is 3. The number of nitrogens with zero attached hydrogens (tertiary/aromatic N) is 4. The number of rotatable bonds is 4. The Balaban J connectivity index is 1.33. The summed E-state index contributed by atoms with van der Waals surface area (Å²) in [6.07, 6.45) is 8.07. The Bertz CT molecular complexity index is 745. The summed E-state index contributed by atoms with van der Waals surface area (Å²) in [5.41, 5.74) is 2.18. The summed E-state index contributed by atoms with van der Waals surface area (Å²) in [5, 5.41) is 7.39. The van der Waals surface area contributed by atoms with Crippen LogP contribution in [0, 0.1) is 6.92 Å². The number of likely N-dealkylation sites (tertiary alicyclic amines) is 1. The highest BCUT2D eigenvalue weighted by Gasteiger charge is 2.25. The molecule has 0 saturated carbocycles. The molecular formula is C18H25N5O2. The number of fused-ring (bicyclic) bond motifs is 1. The molecule has 134 valence electrons. The van der Waals surface area contributed by atoms with Crippen LogP contribution in [-0.2, 0) is 4.74 Å². The molecule has 2 saturated heterocycles. The smallest absolute Gasteiger partial charge is 0.254 e. The van der Waals surface area contributed by atoms with Gasteiger partial charge in [0.25, 0.3) is 5.91 Å². The Morgan fingerprint density at radius 1 is 1.36 bits per heavy atom. The lowest BCUT2D eigenvalue weighted by Gasteiger charge is -2.33. The standard InChI is InChI=1S/C18H25N5O2/c1-13-16(11-19-17-4-7-20-23(13)17)18(24)21-14-5-8-22(9-6-14)12-15-3-2-10-25-15/h4,7,11,14-15H,2-3,5-6,8-10,12H2,1H3,(H,21,24). The molecule has 7 heteroatoms. The van der Waals surface area contributed by atoms with E-state index in [0.29, 0.717) is 11.7 Å². The Morgan fingerprint density at radius 3 is 2.96 bits per heavy atom. The van der Waals surface area contributed by atoms with Crippen LogP contribution in [0.15, 0.2) is 18.5 Å². The van der Waals surface area contributed by atoms with Crippen molar-refractivity contribution in [2.24, 2.45) is 0 Å². The molecule has 1 amide bonds. The van der Waals surface area contributed by atoms with Gasteiger partial charge in [-0.25, -0.2) is 9.50 Å². The van der Waals surface area contributed by atoms with Gasteiger partial charge in [0.15, 0.2) is 5.65 Å². The molecule has 0 aromatic carbocycles. The molecule has 25 heavy (non-hydrogen) atoms. The molecule has 0 radical (unpaired) electrons. The van der Waals surface area contributed by atoms with Crippen LogP contribution in [0.5, 0.6) is 0 Å². The lowest BCUT2D eigenvalue weighted by molar-refractivity contribution is 0.0612. The largest absolute Gasteiger partial charge is 0.377 e. The van der Waals surface area contributed by atoms with Crippen LogP contribution in [0.3, 0.4) is 0 Å². The van der Waals surface area contributed by atoms with Crippen LogP contribution in [0.1, 0.15) is 41.7 Å². The zero-order chi connectivity index (χ0) is 17.2. The van der Waals surface area contributed by atoms with Crippen molar-refractivity contribution in [2.45, 2.75) is 44.8 Å². The maximum Gasteiger partial charge on any atom is 0.254 e. The average Bonchev–Trinajstić information content (AvgIpc) is 3.28. The average molecular weight is 343 g/mol. The van der Waals surface area contributed by atoms with Gasteiger partial charge in [0.1, 0.15) is 0 Å². The summed E-state index contributed by atoms with van der Waals surface area (Å²) >= 11 is 0. The first-order valence-electron chi connectivity index (χ1n) is 9.15. The molecule has 2 aliphatic rings. The first-order chi connectivity index (χ1) is 12.2. The molecular weight excluding hydrogens is 318 g/mol. The van der Waals surface area contributed by atoms with E-state index in [0.717, 1.165) is 50.4 Å². The highest BCUT2D eigenvalue weighted by Crippen LogP contribution is 2.17. The number of amides is 1. The Labute approximate surface area is 147 Å². The minimum absolute atomic E-state index is 0.0556. The fourth-order valence-electron chi connectivity index (χ4n) is 3.81. The van der Waals surface area contributed by atoms with Crippen molar-refractivity contribution in [3.63, 3.8) is 0 Å². The molecule has 4 rings (SSSR count). The monoisotopic (exact) mass is 343 g/mol. The Hall–Kier alpha value is -1.99. The predicted molar refractivity (Wildman–Crippen MR) is 93.6 cm³/mol. The highest BCUT2D eigenvalue weighted by molar-refractivity contribution is 5.95. The zero-order valence-electron chi connectivity index (χ0n) is 14.6. The molecule has 2 aromatic heterocycles. The Morgan fingerprint density at radius 2 is 2.20 bits per heavy atom. The normalized spacial score (nSPS) is 22.5. The molecule has 1 unspecified atom stereocenters. The van der Waals surface area contributed by atoms with Crippen molar-refractivity contribution in [1.82, 2.24) is 24.8 Å². The quantitative estimate of drug-likeness (QED) is 0.909. The SMILES string of the molecule is Cc1c(C(=O)NC2CCN(CC3CCCO3)CC2)cnc2ccnn12. The van der Waals surface area contributed by atoms with E-state index in [4.69, 9.17) is 4.74 Å². The molecule has 2 fully saturated rings. The Kier molecular flexibility index (Phi) is 4.67. The van der Waals surface area contributed by atoms with Crippen molar-refractivity contribution in [1.29, 1.82) is 0 Å². The van der Waals surface area contributed by atoms with Gasteiger partial charge in [0.2, 0.25) is 0 Å². The van der Waals surface area contributed by atoms with Gasteiger partial charge in [-0.1, -0.05) is 0 Å².